The van der Waals surface area contributed by atoms with Gasteiger partial charge in [-0.25, -0.2) is 21.6 Å². The Balaban J connectivity index is 3.29. The van der Waals surface area contributed by atoms with Crippen LogP contribution in [0.15, 0.2) is 17.0 Å². The zero-order chi connectivity index (χ0) is 16.4. The largest absolute Gasteiger partial charge is 0.330 e. The molecule has 1 aromatic carbocycles. The highest BCUT2D eigenvalue weighted by Gasteiger charge is 2.32. The molecule has 2 N–H and O–H groups in total. The van der Waals surface area contributed by atoms with Gasteiger partial charge in [0.15, 0.2) is 17.5 Å². The quantitative estimate of drug-likeness (QED) is 0.815. The van der Waals surface area contributed by atoms with E-state index in [-0.39, 0.29) is 19.6 Å². The lowest BCUT2D eigenvalue weighted by Gasteiger charge is -2.30. The average Bonchev–Trinajstić information content (AvgIpc) is 2.41. The Kier molecular flexibility index (Phi) is 5.40. The molecular formula is C13H19F3N2O2S. The summed E-state index contributed by atoms with van der Waals surface area (Å²) < 4.78 is 65.7. The highest BCUT2D eigenvalue weighted by molar-refractivity contribution is 7.89. The van der Waals surface area contributed by atoms with Crippen LogP contribution in [0.4, 0.5) is 13.2 Å². The molecule has 0 saturated heterocycles. The summed E-state index contributed by atoms with van der Waals surface area (Å²) in [6.45, 7) is 5.41. The Hall–Kier alpha value is -1.12. The van der Waals surface area contributed by atoms with Gasteiger partial charge in [0.25, 0.3) is 0 Å². The van der Waals surface area contributed by atoms with Gasteiger partial charge in [-0.1, -0.05) is 20.8 Å². The second kappa shape index (κ2) is 6.33. The molecule has 1 rings (SSSR count). The van der Waals surface area contributed by atoms with Gasteiger partial charge in [0.1, 0.15) is 4.90 Å². The maximum atomic E-state index is 13.7. The van der Waals surface area contributed by atoms with Crippen molar-refractivity contribution in [2.24, 2.45) is 11.1 Å². The standard InChI is InChI=1S/C13H19F3N2O2S/c1-4-18(8-13(2,3)7-17)21(19,20)10-6-5-9(14)11(15)12(10)16/h5-6H,4,7-8,17H2,1-3H3. The number of halogens is 3. The molecule has 0 atom stereocenters. The maximum Gasteiger partial charge on any atom is 0.246 e. The highest BCUT2D eigenvalue weighted by Crippen LogP contribution is 2.25. The molecule has 4 nitrogen and oxygen atoms in total. The number of hydrogen-bond donors (Lipinski definition) is 1. The summed E-state index contributed by atoms with van der Waals surface area (Å²) in [6.07, 6.45) is 0. The SMILES string of the molecule is CCN(CC(C)(C)CN)S(=O)(=O)c1ccc(F)c(F)c1F. The first-order valence-electron chi connectivity index (χ1n) is 6.40. The zero-order valence-electron chi connectivity index (χ0n) is 12.2. The summed E-state index contributed by atoms with van der Waals surface area (Å²) in [4.78, 5) is -0.879. The molecule has 0 spiro atoms. The first kappa shape index (κ1) is 17.9. The molecule has 0 amide bonds. The molecule has 0 aliphatic rings. The molecule has 0 saturated carbocycles. The van der Waals surface area contributed by atoms with E-state index in [1.165, 1.54) is 0 Å². The first-order valence-corrected chi connectivity index (χ1v) is 7.84. The van der Waals surface area contributed by atoms with E-state index < -0.39 is 37.8 Å². The molecule has 1 aromatic rings. The van der Waals surface area contributed by atoms with Crippen LogP contribution in [0.2, 0.25) is 0 Å². The van der Waals surface area contributed by atoms with E-state index in [4.69, 9.17) is 5.73 Å². The van der Waals surface area contributed by atoms with Crippen molar-refractivity contribution in [1.82, 2.24) is 4.31 Å². The fourth-order valence-electron chi connectivity index (χ4n) is 1.76. The topological polar surface area (TPSA) is 63.4 Å². The van der Waals surface area contributed by atoms with E-state index in [2.05, 4.69) is 0 Å². The third-order valence-corrected chi connectivity index (χ3v) is 5.07. The Labute approximate surface area is 122 Å². The lowest BCUT2D eigenvalue weighted by Crippen LogP contribution is -2.42. The predicted molar refractivity (Wildman–Crippen MR) is 73.6 cm³/mol. The minimum Gasteiger partial charge on any atom is -0.330 e. The van der Waals surface area contributed by atoms with Crippen LogP contribution >= 0.6 is 0 Å². The monoisotopic (exact) mass is 324 g/mol. The van der Waals surface area contributed by atoms with Crippen molar-refractivity contribution in [2.45, 2.75) is 25.7 Å². The summed E-state index contributed by atoms with van der Waals surface area (Å²) in [5.41, 5.74) is 5.03. The molecule has 0 bridgehead atoms. The highest BCUT2D eigenvalue weighted by atomic mass is 32.2. The lowest BCUT2D eigenvalue weighted by atomic mass is 9.94. The van der Waals surface area contributed by atoms with Crippen molar-refractivity contribution in [2.75, 3.05) is 19.6 Å². The van der Waals surface area contributed by atoms with Crippen LogP contribution in [-0.4, -0.2) is 32.4 Å². The molecule has 0 aromatic heterocycles. The summed E-state index contributed by atoms with van der Waals surface area (Å²) in [6, 6.07) is 1.31. The zero-order valence-corrected chi connectivity index (χ0v) is 13.0. The van der Waals surface area contributed by atoms with E-state index in [9.17, 15) is 21.6 Å². The number of hydrogen-bond acceptors (Lipinski definition) is 3. The van der Waals surface area contributed by atoms with Gasteiger partial charge < -0.3 is 5.73 Å². The fourth-order valence-corrected chi connectivity index (χ4v) is 3.45. The van der Waals surface area contributed by atoms with Crippen LogP contribution in [0.1, 0.15) is 20.8 Å². The minimum atomic E-state index is -4.27. The third kappa shape index (κ3) is 3.75. The molecule has 0 aliphatic carbocycles. The molecular weight excluding hydrogens is 305 g/mol. The summed E-state index contributed by atoms with van der Waals surface area (Å²) >= 11 is 0. The summed E-state index contributed by atoms with van der Waals surface area (Å²) in [5, 5.41) is 0. The van der Waals surface area contributed by atoms with Gasteiger partial charge in [-0.05, 0) is 24.1 Å². The Bertz CT molecular complexity index is 618. The van der Waals surface area contributed by atoms with Gasteiger partial charge >= 0.3 is 0 Å². The second-order valence-electron chi connectivity index (χ2n) is 5.47. The van der Waals surface area contributed by atoms with Crippen LogP contribution in [0.3, 0.4) is 0 Å². The van der Waals surface area contributed by atoms with Crippen LogP contribution < -0.4 is 5.73 Å². The molecule has 0 fully saturated rings. The number of sulfonamides is 1. The molecule has 0 heterocycles. The lowest BCUT2D eigenvalue weighted by molar-refractivity contribution is 0.272. The third-order valence-electron chi connectivity index (χ3n) is 3.13. The molecule has 0 radical (unpaired) electrons. The number of rotatable bonds is 6. The smallest absolute Gasteiger partial charge is 0.246 e. The van der Waals surface area contributed by atoms with Crippen molar-refractivity contribution in [3.63, 3.8) is 0 Å². The normalized spacial score (nSPS) is 13.0. The van der Waals surface area contributed by atoms with Crippen LogP contribution in [0.25, 0.3) is 0 Å². The minimum absolute atomic E-state index is 0.0424. The predicted octanol–water partition coefficient (Wildman–Crippen LogP) is 2.10. The van der Waals surface area contributed by atoms with E-state index in [1.54, 1.807) is 20.8 Å². The van der Waals surface area contributed by atoms with E-state index >= 15 is 0 Å². The van der Waals surface area contributed by atoms with Crippen LogP contribution in [0.5, 0.6) is 0 Å². The molecule has 0 aliphatic heterocycles. The Morgan fingerprint density at radius 1 is 1.19 bits per heavy atom. The number of nitrogens with two attached hydrogens (primary N) is 1. The van der Waals surface area contributed by atoms with Crippen molar-refractivity contribution in [3.8, 4) is 0 Å². The number of benzene rings is 1. The van der Waals surface area contributed by atoms with Crippen molar-refractivity contribution in [3.05, 3.63) is 29.6 Å². The summed E-state index contributed by atoms with van der Waals surface area (Å²) in [5.74, 6) is -4.94. The van der Waals surface area contributed by atoms with Gasteiger partial charge in [-0.2, -0.15) is 4.31 Å². The van der Waals surface area contributed by atoms with Gasteiger partial charge in [-0.3, -0.25) is 0 Å². The fraction of sp³-hybridized carbons (Fsp3) is 0.538. The second-order valence-corrected chi connectivity index (χ2v) is 7.38. The molecule has 0 unspecified atom stereocenters. The van der Waals surface area contributed by atoms with Crippen molar-refractivity contribution in [1.29, 1.82) is 0 Å². The molecule has 8 heteroatoms. The van der Waals surface area contributed by atoms with E-state index in [0.717, 1.165) is 10.4 Å². The van der Waals surface area contributed by atoms with Crippen molar-refractivity contribution >= 4 is 10.0 Å². The maximum absolute atomic E-state index is 13.7. The van der Waals surface area contributed by atoms with E-state index in [1.807, 2.05) is 0 Å². The number of nitrogens with zero attached hydrogens (tertiary/aromatic N) is 1. The van der Waals surface area contributed by atoms with Gasteiger partial charge in [0.2, 0.25) is 10.0 Å². The van der Waals surface area contributed by atoms with Gasteiger partial charge in [-0.15, -0.1) is 0 Å². The van der Waals surface area contributed by atoms with Crippen molar-refractivity contribution < 1.29 is 21.6 Å². The van der Waals surface area contributed by atoms with E-state index in [0.29, 0.717) is 6.07 Å². The average molecular weight is 324 g/mol. The summed E-state index contributed by atoms with van der Waals surface area (Å²) in [7, 11) is -4.27. The van der Waals surface area contributed by atoms with Crippen LogP contribution in [0, 0.1) is 22.9 Å². The molecule has 21 heavy (non-hydrogen) atoms. The first-order chi connectivity index (χ1) is 9.56. The Morgan fingerprint density at radius 2 is 1.76 bits per heavy atom. The van der Waals surface area contributed by atoms with Gasteiger partial charge in [0, 0.05) is 13.1 Å². The molecule has 120 valence electrons. The van der Waals surface area contributed by atoms with Gasteiger partial charge in [0.05, 0.1) is 0 Å². The van der Waals surface area contributed by atoms with Crippen LogP contribution in [-0.2, 0) is 10.0 Å². The Morgan fingerprint density at radius 3 is 2.24 bits per heavy atom.